The Morgan fingerprint density at radius 2 is 1.20 bits per heavy atom. The van der Waals surface area contributed by atoms with Crippen LogP contribution in [0.15, 0.2) is 60.9 Å². The highest BCUT2D eigenvalue weighted by Crippen LogP contribution is 2.43. The molecule has 0 aliphatic rings. The van der Waals surface area contributed by atoms with Crippen LogP contribution in [0.25, 0.3) is 0 Å². The van der Waals surface area contributed by atoms with Gasteiger partial charge >= 0.3 is 13.8 Å². The third kappa shape index (κ3) is 38.2. The third-order valence-corrected chi connectivity index (χ3v) is 9.68. The van der Waals surface area contributed by atoms with E-state index in [0.29, 0.717) is 19.3 Å². The van der Waals surface area contributed by atoms with E-state index in [1.165, 1.54) is 103 Å². The molecule has 0 spiro atoms. The van der Waals surface area contributed by atoms with Crippen molar-refractivity contribution in [2.45, 2.75) is 180 Å². The molecule has 54 heavy (non-hydrogen) atoms. The molecular weight excluding hydrogens is 705 g/mol. The van der Waals surface area contributed by atoms with E-state index in [1.54, 1.807) is 42.7 Å². The Balaban J connectivity index is 4.38. The van der Waals surface area contributed by atoms with E-state index >= 15 is 0 Å². The van der Waals surface area contributed by atoms with Gasteiger partial charge in [-0.2, -0.15) is 0 Å². The second kappa shape index (κ2) is 39.2. The third-order valence-electron chi connectivity index (χ3n) is 8.69. The lowest BCUT2D eigenvalue weighted by Crippen LogP contribution is -2.28. The first-order valence-electron chi connectivity index (χ1n) is 21.0. The van der Waals surface area contributed by atoms with E-state index < -0.39 is 38.7 Å². The predicted octanol–water partition coefficient (Wildman–Crippen LogP) is 10.5. The number of hydrogen-bond acceptors (Lipinski definition) is 9. The zero-order valence-corrected chi connectivity index (χ0v) is 34.8. The number of allylic oxidation sites excluding steroid dienone is 6. The minimum Gasteiger partial charge on any atom is -0.498 e. The average molecular weight is 784 g/mol. The second-order valence-electron chi connectivity index (χ2n) is 14.0. The largest absolute Gasteiger partial charge is 0.498 e. The molecule has 0 saturated heterocycles. The van der Waals surface area contributed by atoms with E-state index in [0.717, 1.165) is 19.3 Å². The molecule has 5 N–H and O–H groups in total. The van der Waals surface area contributed by atoms with Crippen LogP contribution < -0.4 is 5.73 Å². The highest BCUT2D eigenvalue weighted by molar-refractivity contribution is 7.47. The molecule has 4 atom stereocenters. The Morgan fingerprint density at radius 1 is 0.667 bits per heavy atom. The normalized spacial score (nSPS) is 15.2. The number of unbranched alkanes of at least 4 members (excludes halogenated alkanes) is 17. The Kier molecular flexibility index (Phi) is 37.7. The summed E-state index contributed by atoms with van der Waals surface area (Å²) >= 11 is 0. The van der Waals surface area contributed by atoms with Gasteiger partial charge in [0.05, 0.1) is 31.7 Å². The SMILES string of the molecule is CCCCC/C=C\C[C@H](O)/C=C/C=C/C=C\[C@H](O)CCCC(=O)O[C@H](CO/C=C/CCCCCCCCCCCCCCCC)COP(=O)(O)OCCN. The quantitative estimate of drug-likeness (QED) is 0.0118. The van der Waals surface area contributed by atoms with Gasteiger partial charge in [-0.3, -0.25) is 13.8 Å². The number of carbonyl (C=O) groups is 1. The zero-order chi connectivity index (χ0) is 39.8. The molecule has 0 radical (unpaired) electrons. The van der Waals surface area contributed by atoms with E-state index in [1.807, 2.05) is 12.2 Å². The molecule has 0 aromatic heterocycles. The molecule has 1 unspecified atom stereocenters. The second-order valence-corrected chi connectivity index (χ2v) is 15.4. The molecule has 0 aliphatic carbocycles. The first-order valence-corrected chi connectivity index (χ1v) is 22.5. The van der Waals surface area contributed by atoms with Gasteiger partial charge in [-0.05, 0) is 51.0 Å². The molecule has 0 aromatic carbocycles. The first-order chi connectivity index (χ1) is 26.2. The van der Waals surface area contributed by atoms with E-state index in [-0.39, 0.29) is 26.2 Å². The van der Waals surface area contributed by atoms with Gasteiger partial charge in [-0.15, -0.1) is 0 Å². The number of phosphoric ester groups is 1. The number of esters is 1. The van der Waals surface area contributed by atoms with Gasteiger partial charge in [0.2, 0.25) is 0 Å². The van der Waals surface area contributed by atoms with Gasteiger partial charge in [0.15, 0.2) is 6.10 Å². The lowest BCUT2D eigenvalue weighted by Gasteiger charge is -2.19. The summed E-state index contributed by atoms with van der Waals surface area (Å²) in [4.78, 5) is 22.4. The summed E-state index contributed by atoms with van der Waals surface area (Å²) in [5.41, 5.74) is 5.34. The fourth-order valence-corrected chi connectivity index (χ4v) is 6.27. The maximum Gasteiger partial charge on any atom is 0.472 e. The number of aliphatic hydroxyl groups excluding tert-OH is 2. The molecule has 0 fully saturated rings. The number of ether oxygens (including phenoxy) is 2. The first kappa shape index (κ1) is 52.0. The summed E-state index contributed by atoms with van der Waals surface area (Å²) in [6.45, 7) is 3.88. The molecule has 0 bridgehead atoms. The lowest BCUT2D eigenvalue weighted by molar-refractivity contribution is -0.153. The Hall–Kier alpha value is -2.04. The van der Waals surface area contributed by atoms with Crippen molar-refractivity contribution in [3.8, 4) is 0 Å². The number of hydrogen-bond donors (Lipinski definition) is 4. The van der Waals surface area contributed by atoms with Crippen molar-refractivity contribution in [2.75, 3.05) is 26.4 Å². The van der Waals surface area contributed by atoms with Crippen molar-refractivity contribution >= 4 is 13.8 Å². The molecule has 10 nitrogen and oxygen atoms in total. The van der Waals surface area contributed by atoms with Crippen molar-refractivity contribution in [3.05, 3.63) is 60.9 Å². The summed E-state index contributed by atoms with van der Waals surface area (Å²) in [6, 6.07) is 0. The van der Waals surface area contributed by atoms with Crippen LogP contribution in [-0.4, -0.2) is 65.8 Å². The molecule has 0 aromatic rings. The summed E-state index contributed by atoms with van der Waals surface area (Å²) in [7, 11) is -4.36. The maximum atomic E-state index is 12.6. The minimum absolute atomic E-state index is 0.0420. The molecule has 314 valence electrons. The van der Waals surface area contributed by atoms with Gasteiger partial charge in [-0.1, -0.05) is 159 Å². The van der Waals surface area contributed by atoms with Crippen molar-refractivity contribution in [2.24, 2.45) is 5.73 Å². The molecule has 0 rings (SSSR count). The fraction of sp³-hybridized carbons (Fsp3) is 0.744. The summed E-state index contributed by atoms with van der Waals surface area (Å²) < 4.78 is 32.9. The van der Waals surface area contributed by atoms with Gasteiger partial charge in [0.1, 0.15) is 6.61 Å². The minimum atomic E-state index is -4.36. The number of phosphoric acid groups is 1. The van der Waals surface area contributed by atoms with E-state index in [4.69, 9.17) is 24.3 Å². The summed E-state index contributed by atoms with van der Waals surface area (Å²) in [6.07, 6.45) is 41.0. The molecule has 0 heterocycles. The monoisotopic (exact) mass is 784 g/mol. The van der Waals surface area contributed by atoms with Crippen LogP contribution in [-0.2, 0) is 27.9 Å². The van der Waals surface area contributed by atoms with Crippen LogP contribution in [0.1, 0.15) is 162 Å². The van der Waals surface area contributed by atoms with Gasteiger partial charge in [0, 0.05) is 13.0 Å². The van der Waals surface area contributed by atoms with Crippen molar-refractivity contribution in [1.29, 1.82) is 0 Å². The average Bonchev–Trinajstić information content (AvgIpc) is 3.15. The molecule has 0 saturated carbocycles. The van der Waals surface area contributed by atoms with Gasteiger partial charge in [-0.25, -0.2) is 4.57 Å². The van der Waals surface area contributed by atoms with Crippen LogP contribution in [0.3, 0.4) is 0 Å². The number of aliphatic hydroxyl groups is 2. The van der Waals surface area contributed by atoms with Crippen molar-refractivity contribution in [1.82, 2.24) is 0 Å². The van der Waals surface area contributed by atoms with Crippen molar-refractivity contribution < 1.29 is 43.0 Å². The highest BCUT2D eigenvalue weighted by atomic mass is 31.2. The van der Waals surface area contributed by atoms with Crippen molar-refractivity contribution in [3.63, 3.8) is 0 Å². The summed E-state index contributed by atoms with van der Waals surface area (Å²) in [5, 5.41) is 20.3. The van der Waals surface area contributed by atoms with Crippen LogP contribution in [0.4, 0.5) is 0 Å². The highest BCUT2D eigenvalue weighted by Gasteiger charge is 2.25. The number of nitrogens with two attached hydrogens (primary N) is 1. The van der Waals surface area contributed by atoms with E-state index in [2.05, 4.69) is 19.9 Å². The zero-order valence-electron chi connectivity index (χ0n) is 33.9. The Labute approximate surface area is 329 Å². The smallest absolute Gasteiger partial charge is 0.472 e. The van der Waals surface area contributed by atoms with Gasteiger partial charge < -0.3 is 30.3 Å². The standard InChI is InChI=1S/C43H78NO9P/c1-3-5-7-9-11-12-13-14-15-16-17-18-19-20-24-28-36-50-38-42(39-52-54(48,49)51-37-35-44)53-43(47)34-29-33-41(46)32-27-23-22-26-31-40(45)30-25-21-10-8-6-4-2/h21-23,25-28,31-32,36,40-42,45-46H,3-20,24,29-30,33-35,37-39,44H2,1-2H3,(H,48,49)/b23-22+,25-21-,31-26+,32-27-,36-28+/t40-,41-,42+/m0/s1. The summed E-state index contributed by atoms with van der Waals surface area (Å²) in [5.74, 6) is -0.537. The predicted molar refractivity (Wildman–Crippen MR) is 222 cm³/mol. The van der Waals surface area contributed by atoms with Crippen LogP contribution >= 0.6 is 7.82 Å². The Bertz CT molecular complexity index is 1050. The van der Waals surface area contributed by atoms with Crippen LogP contribution in [0.2, 0.25) is 0 Å². The number of rotatable bonds is 39. The topological polar surface area (TPSA) is 158 Å². The number of carbonyl (C=O) groups excluding carboxylic acids is 1. The lowest BCUT2D eigenvalue weighted by atomic mass is 10.0. The maximum absolute atomic E-state index is 12.6. The molecule has 11 heteroatoms. The van der Waals surface area contributed by atoms with Crippen LogP contribution in [0, 0.1) is 0 Å². The Morgan fingerprint density at radius 3 is 1.81 bits per heavy atom. The molecule has 0 amide bonds. The molecule has 0 aliphatic heterocycles. The fourth-order valence-electron chi connectivity index (χ4n) is 5.51. The van der Waals surface area contributed by atoms with E-state index in [9.17, 15) is 24.5 Å². The van der Waals surface area contributed by atoms with Gasteiger partial charge in [0.25, 0.3) is 0 Å². The molecular formula is C43H78NO9P. The van der Waals surface area contributed by atoms with Crippen LogP contribution in [0.5, 0.6) is 0 Å².